The molecule has 0 atom stereocenters. The minimum atomic E-state index is -0.619. The fourth-order valence-electron chi connectivity index (χ4n) is 5.01. The predicted octanol–water partition coefficient (Wildman–Crippen LogP) is 6.67. The van der Waals surface area contributed by atoms with Crippen LogP contribution in [0.2, 0.25) is 0 Å². The first-order valence-corrected chi connectivity index (χ1v) is 15.5. The summed E-state index contributed by atoms with van der Waals surface area (Å²) in [6.07, 6.45) is 0. The Kier molecular flexibility index (Phi) is 9.52. The second kappa shape index (κ2) is 14.4. The number of ketones is 2. The summed E-state index contributed by atoms with van der Waals surface area (Å²) < 4.78 is 19.0. The van der Waals surface area contributed by atoms with Gasteiger partial charge in [0.05, 0.1) is 24.6 Å². The van der Waals surface area contributed by atoms with Gasteiger partial charge in [0.2, 0.25) is 11.6 Å². The lowest BCUT2D eigenvalue weighted by atomic mass is 10.1. The maximum absolute atomic E-state index is 13.6. The number of aromatic nitrogens is 4. The van der Waals surface area contributed by atoms with Crippen LogP contribution in [0.15, 0.2) is 121 Å². The summed E-state index contributed by atoms with van der Waals surface area (Å²) in [5, 5.41) is 8.68. The number of carbonyl (C=O) groups excluding carboxylic acids is 4. The van der Waals surface area contributed by atoms with Gasteiger partial charge < -0.3 is 14.2 Å². The van der Waals surface area contributed by atoms with Crippen molar-refractivity contribution >= 4 is 23.5 Å². The zero-order chi connectivity index (χ0) is 34.3. The highest BCUT2D eigenvalue weighted by Crippen LogP contribution is 2.25. The summed E-state index contributed by atoms with van der Waals surface area (Å²) in [5.41, 5.74) is 2.41. The molecule has 0 radical (unpaired) electrons. The Morgan fingerprint density at radius 2 is 0.898 bits per heavy atom. The molecule has 0 aliphatic carbocycles. The number of rotatable bonds is 12. The average Bonchev–Trinajstić information content (AvgIpc) is 3.79. The van der Waals surface area contributed by atoms with E-state index in [1.165, 1.54) is 21.5 Å². The van der Waals surface area contributed by atoms with Gasteiger partial charge in [-0.3, -0.25) is 9.59 Å². The Balaban J connectivity index is 1.19. The standard InChI is InChI=1S/C38H30N4O7/c1-3-47-37(45)31-23-33(41(39-31)27-11-7-5-8-12-27)35(43)25-15-19-29(20-16-25)49-30-21-17-26(18-22-30)36(44)34-24-32(38(46)48-4-2)40-42(34)28-13-9-6-10-14-28/h5-24H,3-4H2,1-2H3. The monoisotopic (exact) mass is 654 g/mol. The van der Waals surface area contributed by atoms with Crippen molar-refractivity contribution in [2.24, 2.45) is 0 Å². The molecule has 0 amide bonds. The molecule has 0 unspecified atom stereocenters. The minimum Gasteiger partial charge on any atom is -0.461 e. The first-order valence-electron chi connectivity index (χ1n) is 15.5. The van der Waals surface area contributed by atoms with Crippen LogP contribution in [0.5, 0.6) is 11.5 Å². The number of para-hydroxylation sites is 2. The Hall–Kier alpha value is -6.62. The number of benzene rings is 4. The molecule has 6 aromatic rings. The molecule has 0 saturated carbocycles. The predicted molar refractivity (Wildman–Crippen MR) is 179 cm³/mol. The molecule has 0 saturated heterocycles. The lowest BCUT2D eigenvalue weighted by molar-refractivity contribution is 0.0509. The second-order valence-corrected chi connectivity index (χ2v) is 10.6. The van der Waals surface area contributed by atoms with E-state index in [9.17, 15) is 19.2 Å². The number of hydrogen-bond acceptors (Lipinski definition) is 9. The van der Waals surface area contributed by atoms with Gasteiger partial charge in [-0.1, -0.05) is 36.4 Å². The van der Waals surface area contributed by atoms with Crippen LogP contribution < -0.4 is 4.74 Å². The summed E-state index contributed by atoms with van der Waals surface area (Å²) in [7, 11) is 0. The molecule has 11 heteroatoms. The highest BCUT2D eigenvalue weighted by molar-refractivity contribution is 6.10. The van der Waals surface area contributed by atoms with E-state index in [-0.39, 0.29) is 47.6 Å². The van der Waals surface area contributed by atoms with E-state index in [4.69, 9.17) is 14.2 Å². The Morgan fingerprint density at radius 1 is 0.531 bits per heavy atom. The van der Waals surface area contributed by atoms with Gasteiger partial charge in [0.25, 0.3) is 0 Å². The van der Waals surface area contributed by atoms with Crippen LogP contribution in [0.1, 0.15) is 66.9 Å². The van der Waals surface area contributed by atoms with E-state index >= 15 is 0 Å². The highest BCUT2D eigenvalue weighted by atomic mass is 16.5. The first kappa shape index (κ1) is 32.3. The lowest BCUT2D eigenvalue weighted by Gasteiger charge is -2.09. The molecule has 0 fully saturated rings. The minimum absolute atomic E-state index is 0.0277. The number of ether oxygens (including phenoxy) is 3. The van der Waals surface area contributed by atoms with Gasteiger partial charge in [0.15, 0.2) is 11.4 Å². The van der Waals surface area contributed by atoms with E-state index < -0.39 is 11.9 Å². The van der Waals surface area contributed by atoms with Gasteiger partial charge >= 0.3 is 11.9 Å². The maximum atomic E-state index is 13.6. The van der Waals surface area contributed by atoms with E-state index in [1.54, 1.807) is 86.6 Å². The molecule has 4 aromatic carbocycles. The molecule has 0 N–H and O–H groups in total. The third-order valence-electron chi connectivity index (χ3n) is 7.32. The molecular weight excluding hydrogens is 624 g/mol. The van der Waals surface area contributed by atoms with Crippen molar-refractivity contribution in [2.45, 2.75) is 13.8 Å². The first-order chi connectivity index (χ1) is 23.9. The topological polar surface area (TPSA) is 132 Å². The number of nitrogens with zero attached hydrogens (tertiary/aromatic N) is 4. The Morgan fingerprint density at radius 3 is 1.24 bits per heavy atom. The van der Waals surface area contributed by atoms with Crippen molar-refractivity contribution in [3.05, 3.63) is 155 Å². The van der Waals surface area contributed by atoms with Crippen molar-refractivity contribution < 1.29 is 33.4 Å². The van der Waals surface area contributed by atoms with Crippen molar-refractivity contribution in [3.63, 3.8) is 0 Å². The normalized spacial score (nSPS) is 10.7. The molecule has 0 bridgehead atoms. The fourth-order valence-corrected chi connectivity index (χ4v) is 5.01. The second-order valence-electron chi connectivity index (χ2n) is 10.6. The fraction of sp³-hybridized carbons (Fsp3) is 0.105. The summed E-state index contributed by atoms with van der Waals surface area (Å²) in [6.45, 7) is 3.75. The van der Waals surface area contributed by atoms with Gasteiger partial charge in [-0.2, -0.15) is 10.2 Å². The summed E-state index contributed by atoms with van der Waals surface area (Å²) in [5.74, 6) is -1.01. The van der Waals surface area contributed by atoms with E-state index in [2.05, 4.69) is 10.2 Å². The molecule has 2 aromatic heterocycles. The Labute approximate surface area is 281 Å². The zero-order valence-electron chi connectivity index (χ0n) is 26.6. The molecule has 0 aliphatic rings. The van der Waals surface area contributed by atoms with Crippen LogP contribution in [0.25, 0.3) is 11.4 Å². The summed E-state index contributed by atoms with van der Waals surface area (Å²) in [6, 6.07) is 34.0. The van der Waals surface area contributed by atoms with Crippen LogP contribution in [-0.4, -0.2) is 56.3 Å². The molecule has 244 valence electrons. The van der Waals surface area contributed by atoms with Crippen molar-refractivity contribution in [2.75, 3.05) is 13.2 Å². The third kappa shape index (κ3) is 7.05. The van der Waals surface area contributed by atoms with Gasteiger partial charge in [0, 0.05) is 23.3 Å². The molecule has 0 aliphatic heterocycles. The van der Waals surface area contributed by atoms with Crippen LogP contribution in [-0.2, 0) is 9.47 Å². The summed E-state index contributed by atoms with van der Waals surface area (Å²) >= 11 is 0. The van der Waals surface area contributed by atoms with Crippen LogP contribution in [0, 0.1) is 0 Å². The molecule has 2 heterocycles. The lowest BCUT2D eigenvalue weighted by Crippen LogP contribution is -2.10. The number of esters is 2. The summed E-state index contributed by atoms with van der Waals surface area (Å²) in [4.78, 5) is 52.0. The maximum Gasteiger partial charge on any atom is 0.358 e. The number of hydrogen-bond donors (Lipinski definition) is 0. The van der Waals surface area contributed by atoms with Crippen LogP contribution in [0.3, 0.4) is 0 Å². The smallest absolute Gasteiger partial charge is 0.358 e. The molecule has 6 rings (SSSR count). The van der Waals surface area contributed by atoms with Gasteiger partial charge in [-0.15, -0.1) is 0 Å². The number of carbonyl (C=O) groups is 4. The molecule has 0 spiro atoms. The Bertz CT molecular complexity index is 1970. The van der Waals surface area contributed by atoms with Gasteiger partial charge in [-0.25, -0.2) is 19.0 Å². The third-order valence-corrected chi connectivity index (χ3v) is 7.32. The van der Waals surface area contributed by atoms with Crippen molar-refractivity contribution in [3.8, 4) is 22.9 Å². The van der Waals surface area contributed by atoms with Gasteiger partial charge in [-0.05, 0) is 86.6 Å². The van der Waals surface area contributed by atoms with Crippen molar-refractivity contribution in [1.82, 2.24) is 19.6 Å². The molecule has 49 heavy (non-hydrogen) atoms. The molecular formula is C38H30N4O7. The largest absolute Gasteiger partial charge is 0.461 e. The van der Waals surface area contributed by atoms with E-state index in [0.29, 0.717) is 34.0 Å². The van der Waals surface area contributed by atoms with E-state index in [1.807, 2.05) is 36.4 Å². The highest BCUT2D eigenvalue weighted by Gasteiger charge is 2.24. The SMILES string of the molecule is CCOC(=O)c1cc(C(=O)c2ccc(Oc3ccc(C(=O)c4cc(C(=O)OCC)nn4-c4ccccc4)cc3)cc2)n(-c2ccccc2)n1. The average molecular weight is 655 g/mol. The van der Waals surface area contributed by atoms with Crippen LogP contribution in [0.4, 0.5) is 0 Å². The quantitative estimate of drug-likeness (QED) is 0.105. The van der Waals surface area contributed by atoms with Gasteiger partial charge in [0.1, 0.15) is 22.9 Å². The zero-order valence-corrected chi connectivity index (χ0v) is 26.6. The molecule has 11 nitrogen and oxygen atoms in total. The van der Waals surface area contributed by atoms with Crippen LogP contribution >= 0.6 is 0 Å². The van der Waals surface area contributed by atoms with E-state index in [0.717, 1.165) is 0 Å². The van der Waals surface area contributed by atoms with Crippen molar-refractivity contribution in [1.29, 1.82) is 0 Å².